The molecule has 0 spiro atoms. The summed E-state index contributed by atoms with van der Waals surface area (Å²) < 4.78 is 70.4. The van der Waals surface area contributed by atoms with Gasteiger partial charge in [-0.1, -0.05) is 74.9 Å². The van der Waals surface area contributed by atoms with Crippen molar-refractivity contribution in [3.63, 3.8) is 0 Å². The summed E-state index contributed by atoms with van der Waals surface area (Å²) in [5, 5.41) is 12.1. The maximum Gasteiger partial charge on any atom is 0.407 e. The zero-order valence-electron chi connectivity index (χ0n) is 57.6. The van der Waals surface area contributed by atoms with Crippen LogP contribution in [0.25, 0.3) is 6.08 Å². The molecule has 6 bridgehead atoms. The van der Waals surface area contributed by atoms with Crippen molar-refractivity contribution < 1.29 is 66.7 Å². The highest BCUT2D eigenvalue weighted by molar-refractivity contribution is 6.40. The minimum Gasteiger partial charge on any atom is -0.497 e. The van der Waals surface area contributed by atoms with Crippen molar-refractivity contribution in [2.24, 2.45) is 20.0 Å². The number of fused-ring (bicyclic) bond motifs is 5. The number of ether oxygens (including phenoxy) is 12. The van der Waals surface area contributed by atoms with Crippen LogP contribution in [0.5, 0.6) is 23.0 Å². The molecule has 518 valence electrons. The minimum absolute atomic E-state index is 0.164. The third-order valence-corrected chi connectivity index (χ3v) is 17.2. The predicted molar refractivity (Wildman–Crippen MR) is 378 cm³/mol. The van der Waals surface area contributed by atoms with E-state index in [-0.39, 0.29) is 25.9 Å². The van der Waals surface area contributed by atoms with Crippen LogP contribution in [-0.4, -0.2) is 180 Å². The number of nitrogens with zero attached hydrogens (tertiary/aromatic N) is 4. The second-order valence-electron chi connectivity index (χ2n) is 23.4. The van der Waals surface area contributed by atoms with Crippen LogP contribution in [0.2, 0.25) is 0 Å². The number of hydrogen-bond donors (Lipinski definition) is 3. The van der Waals surface area contributed by atoms with Gasteiger partial charge in [0.25, 0.3) is 0 Å². The summed E-state index contributed by atoms with van der Waals surface area (Å²) in [6.45, 7) is 14.6. The van der Waals surface area contributed by atoms with E-state index >= 15 is 0 Å². The maximum atomic E-state index is 12.8. The van der Waals surface area contributed by atoms with Gasteiger partial charge in [0.2, 0.25) is 0 Å². The van der Waals surface area contributed by atoms with Crippen LogP contribution < -0.4 is 24.3 Å². The Labute approximate surface area is 567 Å². The number of carbonyl (C=O) groups excluding carboxylic acids is 1. The lowest BCUT2D eigenvalue weighted by Crippen LogP contribution is -2.33. The first-order chi connectivity index (χ1) is 47.1. The number of aliphatic hydroxyl groups is 1. The topological polar surface area (TPSA) is 225 Å². The fourth-order valence-corrected chi connectivity index (χ4v) is 12.1. The molecule has 4 heterocycles. The molecule has 96 heavy (non-hydrogen) atoms. The van der Waals surface area contributed by atoms with Crippen molar-refractivity contribution in [3.8, 4) is 23.0 Å². The molecule has 0 fully saturated rings. The van der Waals surface area contributed by atoms with Crippen molar-refractivity contribution in [1.29, 1.82) is 0 Å². The van der Waals surface area contributed by atoms with Gasteiger partial charge in [-0.05, 0) is 152 Å². The molecule has 1 aromatic heterocycles. The molecule has 8 rings (SSSR count). The van der Waals surface area contributed by atoms with E-state index in [0.29, 0.717) is 147 Å². The molecule has 20 nitrogen and oxygen atoms in total. The van der Waals surface area contributed by atoms with Gasteiger partial charge < -0.3 is 72.2 Å². The maximum absolute atomic E-state index is 12.8. The molecule has 0 saturated heterocycles. The quantitative estimate of drug-likeness (QED) is 0.0244. The highest BCUT2D eigenvalue weighted by Crippen LogP contribution is 2.44. The van der Waals surface area contributed by atoms with Gasteiger partial charge in [-0.3, -0.25) is 15.0 Å². The molecule has 0 radical (unpaired) electrons. The number of aromatic nitrogens is 1. The van der Waals surface area contributed by atoms with E-state index in [2.05, 4.69) is 92.6 Å². The smallest absolute Gasteiger partial charge is 0.407 e. The molecule has 4 aromatic carbocycles. The number of methoxy groups -OCH3 is 4. The molecule has 1 unspecified atom stereocenters. The summed E-state index contributed by atoms with van der Waals surface area (Å²) in [7, 11) is 6.63. The third-order valence-electron chi connectivity index (χ3n) is 17.2. The molecule has 0 aliphatic carbocycles. The fraction of sp³-hybridized carbons (Fsp3) is 0.487. The van der Waals surface area contributed by atoms with E-state index < -0.39 is 11.7 Å². The summed E-state index contributed by atoms with van der Waals surface area (Å²) in [5.74, 6) is 2.40. The van der Waals surface area contributed by atoms with Gasteiger partial charge >= 0.3 is 6.09 Å². The second-order valence-corrected chi connectivity index (χ2v) is 23.4. The fourth-order valence-electron chi connectivity index (χ4n) is 12.1. The first-order valence-electron chi connectivity index (χ1n) is 33.9. The van der Waals surface area contributed by atoms with Gasteiger partial charge in [-0.25, -0.2) is 9.79 Å². The van der Waals surface area contributed by atoms with Crippen molar-refractivity contribution >= 4 is 47.4 Å². The highest BCUT2D eigenvalue weighted by atomic mass is 16.6. The molecule has 5 aromatic rings. The largest absolute Gasteiger partial charge is 0.497 e. The Kier molecular flexibility index (Phi) is 30.9. The molecule has 1 amide bonds. The SMILES string of the molecule is CCc1c2[nH]c(c1CC)CC1N=C(C=Nc3cc(OCCOCCOCCOC)c(OCCOCCOCCOC)cc3N=CC3=N/C(=C\2)C(CCCNC(=O)OCCCCCCO)=C3C)C(C)=C1CCCOC(c1ccccc1)(c1ccc(OC)cc1)c1ccc(OC)cc1. The minimum atomic E-state index is -0.983. The molecule has 3 aliphatic rings. The zero-order chi connectivity index (χ0) is 67.7. The normalized spacial score (nSPS) is 15.1. The number of rotatable bonds is 42. The Morgan fingerprint density at radius 3 is 1.71 bits per heavy atom. The molecule has 3 N–H and O–H groups in total. The number of nitrogens with one attached hydrogen (secondary N) is 2. The Bertz CT molecular complexity index is 3400. The number of hydrogen-bond acceptors (Lipinski definition) is 18. The molecule has 0 saturated carbocycles. The summed E-state index contributed by atoms with van der Waals surface area (Å²) in [5.41, 5.74) is 14.2. The van der Waals surface area contributed by atoms with Crippen LogP contribution >= 0.6 is 0 Å². The number of carbonyl (C=O) groups is 1. The van der Waals surface area contributed by atoms with Crippen LogP contribution in [0, 0.1) is 0 Å². The molecule has 20 heteroatoms. The van der Waals surface area contributed by atoms with E-state index in [9.17, 15) is 4.79 Å². The zero-order valence-corrected chi connectivity index (χ0v) is 57.6. The van der Waals surface area contributed by atoms with Crippen LogP contribution in [0.15, 0.2) is 139 Å². The number of alkyl carbamates (subject to hydrolysis) is 1. The van der Waals surface area contributed by atoms with Crippen LogP contribution in [0.1, 0.15) is 118 Å². The first kappa shape index (κ1) is 74.0. The number of benzene rings is 4. The van der Waals surface area contributed by atoms with Crippen molar-refractivity contribution in [2.75, 3.05) is 134 Å². The third kappa shape index (κ3) is 20.9. The predicted octanol–water partition coefficient (Wildman–Crippen LogP) is 13.0. The number of H-pyrrole nitrogens is 1. The van der Waals surface area contributed by atoms with Gasteiger partial charge in [0.15, 0.2) is 11.5 Å². The van der Waals surface area contributed by atoms with Crippen LogP contribution in [-0.2, 0) is 62.8 Å². The van der Waals surface area contributed by atoms with Gasteiger partial charge in [0.1, 0.15) is 30.3 Å². The van der Waals surface area contributed by atoms with E-state index in [1.54, 1.807) is 34.7 Å². The Balaban J connectivity index is 1.16. The van der Waals surface area contributed by atoms with Crippen molar-refractivity contribution in [2.45, 2.75) is 110 Å². The average Bonchev–Trinajstić information content (AvgIpc) is 1.01. The van der Waals surface area contributed by atoms with Crippen molar-refractivity contribution in [3.05, 3.63) is 158 Å². The lowest BCUT2D eigenvalue weighted by atomic mass is 9.80. The van der Waals surface area contributed by atoms with Crippen LogP contribution in [0.4, 0.5) is 16.2 Å². The van der Waals surface area contributed by atoms with Gasteiger partial charge in [-0.15, -0.1) is 0 Å². The number of unbranched alkanes of at least 4 members (excludes halogenated alkanes) is 3. The lowest BCUT2D eigenvalue weighted by Gasteiger charge is -2.36. The van der Waals surface area contributed by atoms with E-state index in [0.717, 1.165) is 106 Å². The molecule has 1 atom stereocenters. The van der Waals surface area contributed by atoms with Gasteiger partial charge in [0.05, 0.1) is 134 Å². The standard InChI is InChI=1S/C76H100N6O14/c1-9-61-62(10-2)66-49-68-64(23-19-35-96-76(56-20-14-13-15-21-56,57-24-28-59(87-7)29-25-57)58-26-30-60(88-8)31-27-58)55(4)72(82-68)53-79-70-51-74(94-47-45-92-43-41-90-39-37-86-6)73(93-46-44-91-42-40-89-38-36-85-5)50-69(70)78-52-71-54(3)63(67(81-71)48-65(61)80-66)22-18-32-77-75(84)95-34-17-12-11-16-33-83/h13-15,20-21,24-31,48,50-53,68,80,83H,9-12,16-19,22-23,32-47,49H2,1-8H3,(H,77,84)/b67-48-,78-52?,79-53?. The number of amides is 1. The Morgan fingerprint density at radius 1 is 0.594 bits per heavy atom. The van der Waals surface area contributed by atoms with Crippen LogP contribution in [0.3, 0.4) is 0 Å². The second kappa shape index (κ2) is 40.1. The molecular weight excluding hydrogens is 1220 g/mol. The van der Waals surface area contributed by atoms with Gasteiger partial charge in [-0.2, -0.15) is 0 Å². The number of allylic oxidation sites excluding steroid dienone is 3. The lowest BCUT2D eigenvalue weighted by molar-refractivity contribution is 0.0115. The molecular formula is C76H100N6O14. The molecule has 3 aliphatic heterocycles. The summed E-state index contributed by atoms with van der Waals surface area (Å²) in [6.07, 6.45) is 13.6. The summed E-state index contributed by atoms with van der Waals surface area (Å²) in [6, 6.07) is 30.1. The summed E-state index contributed by atoms with van der Waals surface area (Å²) in [4.78, 5) is 38.1. The monoisotopic (exact) mass is 1320 g/mol. The average molecular weight is 1320 g/mol. The Hall–Kier alpha value is -7.79. The Morgan fingerprint density at radius 2 is 1.15 bits per heavy atom. The number of aliphatic hydroxyl groups excluding tert-OH is 1. The number of aliphatic imine (C=N–C) groups is 4. The van der Waals surface area contributed by atoms with E-state index in [1.807, 2.05) is 48.7 Å². The first-order valence-corrected chi connectivity index (χ1v) is 33.9. The van der Waals surface area contributed by atoms with E-state index in [1.165, 1.54) is 16.7 Å². The van der Waals surface area contributed by atoms with Gasteiger partial charge in [0, 0.05) is 63.9 Å². The highest BCUT2D eigenvalue weighted by Gasteiger charge is 2.38. The summed E-state index contributed by atoms with van der Waals surface area (Å²) >= 11 is 0. The number of aromatic amines is 1. The van der Waals surface area contributed by atoms with E-state index in [4.69, 9.17) is 81.9 Å². The van der Waals surface area contributed by atoms with Crippen molar-refractivity contribution in [1.82, 2.24) is 10.3 Å².